The van der Waals surface area contributed by atoms with Crippen LogP contribution in [0.15, 0.2) is 24.3 Å². The van der Waals surface area contributed by atoms with Crippen LogP contribution < -0.4 is 5.32 Å². The minimum Gasteiger partial charge on any atom is -0.390 e. The molecule has 1 heterocycles. The van der Waals surface area contributed by atoms with Crippen LogP contribution in [-0.4, -0.2) is 49.5 Å². The summed E-state index contributed by atoms with van der Waals surface area (Å²) in [5.74, 6) is 0. The van der Waals surface area contributed by atoms with Crippen LogP contribution in [-0.2, 0) is 17.8 Å². The highest BCUT2D eigenvalue weighted by molar-refractivity contribution is 5.30. The summed E-state index contributed by atoms with van der Waals surface area (Å²) in [4.78, 5) is 2.29. The second kappa shape index (κ2) is 6.85. The summed E-state index contributed by atoms with van der Waals surface area (Å²) in [6.45, 7) is 4.71. The minimum absolute atomic E-state index is 0.323. The molecule has 1 unspecified atom stereocenters. The molecule has 4 heteroatoms. The third kappa shape index (κ3) is 3.78. The SMILES string of the molecule is COCCNCC(O)CN1Cc2ccccc2C1. The van der Waals surface area contributed by atoms with E-state index in [1.54, 1.807) is 7.11 Å². The van der Waals surface area contributed by atoms with Gasteiger partial charge >= 0.3 is 0 Å². The van der Waals surface area contributed by atoms with Crippen molar-refractivity contribution in [3.8, 4) is 0 Å². The number of β-amino-alcohol motifs (C(OH)–C–C–N with tert-alkyl or cyclic N) is 1. The van der Waals surface area contributed by atoms with E-state index in [2.05, 4.69) is 34.5 Å². The van der Waals surface area contributed by atoms with Crippen molar-refractivity contribution in [1.29, 1.82) is 0 Å². The molecule has 1 aromatic carbocycles. The number of ether oxygens (including phenoxy) is 1. The highest BCUT2D eigenvalue weighted by Crippen LogP contribution is 2.21. The van der Waals surface area contributed by atoms with E-state index in [4.69, 9.17) is 4.74 Å². The van der Waals surface area contributed by atoms with Crippen molar-refractivity contribution in [2.24, 2.45) is 0 Å². The normalized spacial score (nSPS) is 16.8. The van der Waals surface area contributed by atoms with Crippen LogP contribution in [0, 0.1) is 0 Å². The first-order valence-corrected chi connectivity index (χ1v) is 6.46. The lowest BCUT2D eigenvalue weighted by molar-refractivity contribution is 0.107. The third-order valence-electron chi connectivity index (χ3n) is 3.24. The molecule has 18 heavy (non-hydrogen) atoms. The maximum absolute atomic E-state index is 9.94. The summed E-state index contributed by atoms with van der Waals surface area (Å²) in [6, 6.07) is 8.48. The van der Waals surface area contributed by atoms with Gasteiger partial charge in [-0.1, -0.05) is 24.3 Å². The highest BCUT2D eigenvalue weighted by Gasteiger charge is 2.20. The lowest BCUT2D eigenvalue weighted by Gasteiger charge is -2.19. The van der Waals surface area contributed by atoms with Crippen molar-refractivity contribution in [1.82, 2.24) is 10.2 Å². The average molecular weight is 250 g/mol. The van der Waals surface area contributed by atoms with Gasteiger partial charge in [0, 0.05) is 39.8 Å². The van der Waals surface area contributed by atoms with Crippen molar-refractivity contribution in [2.45, 2.75) is 19.2 Å². The number of methoxy groups -OCH3 is 1. The van der Waals surface area contributed by atoms with Gasteiger partial charge in [-0.2, -0.15) is 0 Å². The number of fused-ring (bicyclic) bond motifs is 1. The Hall–Kier alpha value is -0.940. The lowest BCUT2D eigenvalue weighted by atomic mass is 10.1. The molecular formula is C14H22N2O2. The van der Waals surface area contributed by atoms with Crippen LogP contribution in [0.4, 0.5) is 0 Å². The largest absolute Gasteiger partial charge is 0.390 e. The first-order chi connectivity index (χ1) is 8.79. The quantitative estimate of drug-likeness (QED) is 0.696. The van der Waals surface area contributed by atoms with Crippen LogP contribution in [0.5, 0.6) is 0 Å². The molecule has 0 spiro atoms. The van der Waals surface area contributed by atoms with E-state index in [1.165, 1.54) is 11.1 Å². The molecule has 4 nitrogen and oxygen atoms in total. The first kappa shape index (κ1) is 13.5. The van der Waals surface area contributed by atoms with Crippen LogP contribution in [0.3, 0.4) is 0 Å². The molecule has 1 atom stereocenters. The Bertz CT molecular complexity index is 346. The van der Waals surface area contributed by atoms with Crippen LogP contribution in [0.1, 0.15) is 11.1 Å². The van der Waals surface area contributed by atoms with E-state index in [9.17, 15) is 5.11 Å². The molecule has 0 aromatic heterocycles. The number of nitrogens with zero attached hydrogens (tertiary/aromatic N) is 1. The molecule has 2 N–H and O–H groups in total. The molecule has 100 valence electrons. The van der Waals surface area contributed by atoms with Crippen molar-refractivity contribution < 1.29 is 9.84 Å². The van der Waals surface area contributed by atoms with Gasteiger partial charge in [-0.25, -0.2) is 0 Å². The van der Waals surface area contributed by atoms with Gasteiger partial charge in [-0.05, 0) is 11.1 Å². The molecule has 0 aliphatic carbocycles. The van der Waals surface area contributed by atoms with E-state index in [-0.39, 0.29) is 6.10 Å². The summed E-state index contributed by atoms with van der Waals surface area (Å²) in [6.07, 6.45) is -0.323. The molecule has 1 aliphatic heterocycles. The van der Waals surface area contributed by atoms with Gasteiger partial charge in [0.05, 0.1) is 12.7 Å². The zero-order valence-electron chi connectivity index (χ0n) is 10.9. The van der Waals surface area contributed by atoms with Gasteiger partial charge < -0.3 is 15.2 Å². The zero-order chi connectivity index (χ0) is 12.8. The topological polar surface area (TPSA) is 44.7 Å². The number of benzene rings is 1. The number of hydrogen-bond acceptors (Lipinski definition) is 4. The molecule has 2 rings (SSSR count). The van der Waals surface area contributed by atoms with Gasteiger partial charge in [0.15, 0.2) is 0 Å². The smallest absolute Gasteiger partial charge is 0.0791 e. The highest BCUT2D eigenvalue weighted by atomic mass is 16.5. The van der Waals surface area contributed by atoms with Crippen molar-refractivity contribution in [3.05, 3.63) is 35.4 Å². The zero-order valence-corrected chi connectivity index (χ0v) is 10.9. The van der Waals surface area contributed by atoms with Crippen molar-refractivity contribution >= 4 is 0 Å². The standard InChI is InChI=1S/C14H22N2O2/c1-18-7-6-15-8-14(17)11-16-9-12-4-2-3-5-13(12)10-16/h2-5,14-15,17H,6-11H2,1H3. The van der Waals surface area contributed by atoms with Crippen molar-refractivity contribution in [3.63, 3.8) is 0 Å². The third-order valence-corrected chi connectivity index (χ3v) is 3.24. The first-order valence-electron chi connectivity index (χ1n) is 6.46. The summed E-state index contributed by atoms with van der Waals surface area (Å²) < 4.78 is 4.94. The van der Waals surface area contributed by atoms with Gasteiger partial charge in [0.25, 0.3) is 0 Å². The molecule has 0 saturated heterocycles. The second-order valence-corrected chi connectivity index (χ2v) is 4.79. The number of hydrogen-bond donors (Lipinski definition) is 2. The Morgan fingerprint density at radius 2 is 2.00 bits per heavy atom. The molecule has 0 amide bonds. The van der Waals surface area contributed by atoms with Crippen LogP contribution in [0.2, 0.25) is 0 Å². The predicted molar refractivity (Wildman–Crippen MR) is 71.3 cm³/mol. The summed E-state index contributed by atoms with van der Waals surface area (Å²) in [7, 11) is 1.68. The van der Waals surface area contributed by atoms with Gasteiger partial charge in [0.2, 0.25) is 0 Å². The molecule has 0 radical (unpaired) electrons. The van der Waals surface area contributed by atoms with Crippen LogP contribution >= 0.6 is 0 Å². The van der Waals surface area contributed by atoms with Gasteiger partial charge in [0.1, 0.15) is 0 Å². The Morgan fingerprint density at radius 3 is 2.61 bits per heavy atom. The Labute approximate surface area is 109 Å². The maximum atomic E-state index is 9.94. The monoisotopic (exact) mass is 250 g/mol. The fourth-order valence-electron chi connectivity index (χ4n) is 2.34. The molecule has 1 aliphatic rings. The average Bonchev–Trinajstić information content (AvgIpc) is 2.76. The number of aliphatic hydroxyl groups excluding tert-OH is 1. The Kier molecular flexibility index (Phi) is 5.13. The molecule has 0 fully saturated rings. The van der Waals surface area contributed by atoms with Gasteiger partial charge in [-0.3, -0.25) is 4.90 Å². The second-order valence-electron chi connectivity index (χ2n) is 4.79. The maximum Gasteiger partial charge on any atom is 0.0791 e. The lowest BCUT2D eigenvalue weighted by Crippen LogP contribution is -2.37. The van der Waals surface area contributed by atoms with E-state index >= 15 is 0 Å². The summed E-state index contributed by atoms with van der Waals surface area (Å²) in [5.41, 5.74) is 2.77. The van der Waals surface area contributed by atoms with E-state index in [0.717, 1.165) is 19.6 Å². The van der Waals surface area contributed by atoms with E-state index in [1.807, 2.05) is 0 Å². The fourth-order valence-corrected chi connectivity index (χ4v) is 2.34. The predicted octanol–water partition coefficient (Wildman–Crippen LogP) is 0.599. The Morgan fingerprint density at radius 1 is 1.33 bits per heavy atom. The molecule has 1 aromatic rings. The summed E-state index contributed by atoms with van der Waals surface area (Å²) in [5, 5.41) is 13.1. The number of rotatable bonds is 7. The molecular weight excluding hydrogens is 228 g/mol. The molecule has 0 saturated carbocycles. The van der Waals surface area contributed by atoms with E-state index < -0.39 is 0 Å². The van der Waals surface area contributed by atoms with E-state index in [0.29, 0.717) is 19.7 Å². The number of aliphatic hydroxyl groups is 1. The van der Waals surface area contributed by atoms with Gasteiger partial charge in [-0.15, -0.1) is 0 Å². The number of nitrogens with one attached hydrogen (secondary N) is 1. The minimum atomic E-state index is -0.323. The van der Waals surface area contributed by atoms with Crippen molar-refractivity contribution in [2.75, 3.05) is 33.4 Å². The fraction of sp³-hybridized carbons (Fsp3) is 0.571. The Balaban J connectivity index is 1.69. The molecule has 0 bridgehead atoms. The van der Waals surface area contributed by atoms with Crippen LogP contribution in [0.25, 0.3) is 0 Å². The summed E-state index contributed by atoms with van der Waals surface area (Å²) >= 11 is 0.